The van der Waals surface area contributed by atoms with Gasteiger partial charge in [0.25, 0.3) is 0 Å². The Balaban J connectivity index is 1.35. The van der Waals surface area contributed by atoms with E-state index < -0.39 is 210 Å². The van der Waals surface area contributed by atoms with Crippen LogP contribution in [0.5, 0.6) is 103 Å². The van der Waals surface area contributed by atoms with Gasteiger partial charge >= 0.3 is 35.8 Å². The minimum Gasteiger partial charge on any atom is -0.504 e. The van der Waals surface area contributed by atoms with Crippen LogP contribution in [0, 0.1) is 0 Å². The molecule has 30 heteroatoms. The maximum atomic E-state index is 14.1. The van der Waals surface area contributed by atoms with E-state index in [-0.39, 0.29) is 0 Å². The molecule has 30 nitrogen and oxygen atoms in total. The van der Waals surface area contributed by atoms with Crippen molar-refractivity contribution in [3.63, 3.8) is 0 Å². The number of ether oxygens (including phenoxy) is 7. The smallest absolute Gasteiger partial charge is 0.343 e. The number of esters is 6. The van der Waals surface area contributed by atoms with E-state index in [2.05, 4.69) is 0 Å². The third-order valence-electron chi connectivity index (χ3n) is 10.9. The van der Waals surface area contributed by atoms with E-state index in [1.54, 1.807) is 0 Å². The molecule has 1 aliphatic rings. The Bertz CT molecular complexity index is 3340. The van der Waals surface area contributed by atoms with Gasteiger partial charge in [-0.25, -0.2) is 28.8 Å². The van der Waals surface area contributed by atoms with E-state index in [1.807, 2.05) is 0 Å². The van der Waals surface area contributed by atoms with Crippen LogP contribution in [0.1, 0.15) is 62.1 Å². The monoisotopic (exact) mass is 1090 g/mol. The molecule has 0 amide bonds. The van der Waals surface area contributed by atoms with Gasteiger partial charge in [-0.05, 0) is 72.8 Å². The minimum atomic E-state index is -2.65. The van der Waals surface area contributed by atoms with Gasteiger partial charge in [-0.3, -0.25) is 0 Å². The first-order chi connectivity index (χ1) is 36.6. The number of benzene rings is 6. The summed E-state index contributed by atoms with van der Waals surface area (Å²) in [7, 11) is 0. The molecule has 0 spiro atoms. The Morgan fingerprint density at radius 1 is 0.321 bits per heavy atom. The molecule has 5 atom stereocenters. The number of rotatable bonds is 13. The average molecular weight is 1090 g/mol. The minimum absolute atomic E-state index is 0.500. The molecule has 1 saturated heterocycles. The summed E-state index contributed by atoms with van der Waals surface area (Å²) in [6, 6.07) is 6.44. The molecule has 0 aromatic heterocycles. The van der Waals surface area contributed by atoms with E-state index in [4.69, 9.17) is 33.2 Å². The van der Waals surface area contributed by atoms with Gasteiger partial charge in [0.05, 0.1) is 33.4 Å². The first-order valence-electron chi connectivity index (χ1n) is 21.3. The second-order valence-corrected chi connectivity index (χ2v) is 16.2. The molecule has 1 aliphatic heterocycles. The fourth-order valence-electron chi connectivity index (χ4n) is 7.06. The van der Waals surface area contributed by atoms with Crippen LogP contribution in [-0.2, 0) is 28.4 Å². The maximum Gasteiger partial charge on any atom is 0.343 e. The third-order valence-corrected chi connectivity index (χ3v) is 10.9. The van der Waals surface area contributed by atoms with Crippen LogP contribution in [0.4, 0.5) is 0 Å². The van der Waals surface area contributed by atoms with Crippen LogP contribution in [0.2, 0.25) is 0 Å². The van der Waals surface area contributed by atoms with Gasteiger partial charge in [-0.1, -0.05) is 0 Å². The summed E-state index contributed by atoms with van der Waals surface area (Å²) in [6.45, 7) is -1.38. The standard InChI is InChI=1S/C48H36O30/c49-20-1-14(2-21(50)33(20)60)43(67)73-31-12-19(11-30(59)38(31)65)42(66)72-13-32-39(75-44(68)15-3-22(51)34(61)23(52)4-15)40(76-45(69)16-5-24(53)35(62)25(54)6-16)41(77-46(70)17-7-26(55)36(63)27(56)8-17)48(74-32)78-47(71)18-9-28(57)37(64)29(58)10-18/h1-12,32,39-41,48-65H,13H2/t32-,39-,40+,41-,48+/m1/s1. The number of hydrogen-bond acceptors (Lipinski definition) is 30. The summed E-state index contributed by atoms with van der Waals surface area (Å²) in [5.74, 6) is -30.1. The third kappa shape index (κ3) is 11.1. The molecule has 0 bridgehead atoms. The molecule has 0 saturated carbocycles. The van der Waals surface area contributed by atoms with Crippen molar-refractivity contribution < 1.29 is 149 Å². The molecule has 6 aromatic carbocycles. The molecule has 0 aliphatic carbocycles. The zero-order chi connectivity index (χ0) is 57.3. The lowest BCUT2D eigenvalue weighted by Gasteiger charge is -2.43. The van der Waals surface area contributed by atoms with Gasteiger partial charge in [0.15, 0.2) is 110 Å². The van der Waals surface area contributed by atoms with E-state index in [1.165, 1.54) is 0 Å². The Morgan fingerprint density at radius 3 is 0.936 bits per heavy atom. The summed E-state index contributed by atoms with van der Waals surface area (Å²) in [6.07, 6.45) is -12.7. The van der Waals surface area contributed by atoms with Crippen molar-refractivity contribution in [2.45, 2.75) is 30.7 Å². The molecule has 1 heterocycles. The predicted octanol–water partition coefficient (Wildman–Crippen LogP) is 2.32. The van der Waals surface area contributed by atoms with Gasteiger partial charge in [-0.2, -0.15) is 0 Å². The van der Waals surface area contributed by atoms with Crippen molar-refractivity contribution in [3.05, 3.63) is 106 Å². The van der Waals surface area contributed by atoms with E-state index in [0.29, 0.717) is 72.8 Å². The Morgan fingerprint density at radius 2 is 0.590 bits per heavy atom. The highest BCUT2D eigenvalue weighted by atomic mass is 16.7. The molecule has 6 aromatic rings. The maximum absolute atomic E-state index is 14.1. The molecule has 0 unspecified atom stereocenters. The lowest BCUT2D eigenvalue weighted by molar-refractivity contribution is -0.282. The van der Waals surface area contributed by atoms with Gasteiger partial charge in [-0.15, -0.1) is 0 Å². The van der Waals surface area contributed by atoms with Gasteiger partial charge in [0.2, 0.25) is 18.1 Å². The molecule has 1 fully saturated rings. The lowest BCUT2D eigenvalue weighted by Crippen LogP contribution is -2.63. The van der Waals surface area contributed by atoms with Crippen LogP contribution < -0.4 is 4.74 Å². The highest BCUT2D eigenvalue weighted by Crippen LogP contribution is 2.43. The summed E-state index contributed by atoms with van der Waals surface area (Å²) in [5.41, 5.74) is -4.89. The summed E-state index contributed by atoms with van der Waals surface area (Å²) >= 11 is 0. The van der Waals surface area contributed by atoms with Crippen LogP contribution in [0.15, 0.2) is 72.8 Å². The van der Waals surface area contributed by atoms with Crippen molar-refractivity contribution in [1.29, 1.82) is 0 Å². The van der Waals surface area contributed by atoms with Crippen LogP contribution >= 0.6 is 0 Å². The molecule has 78 heavy (non-hydrogen) atoms. The molecular formula is C48H36O30. The molecule has 17 N–H and O–H groups in total. The topological polar surface area (TPSA) is 511 Å². The number of phenols is 17. The van der Waals surface area contributed by atoms with Crippen molar-refractivity contribution in [2.75, 3.05) is 6.61 Å². The van der Waals surface area contributed by atoms with Crippen molar-refractivity contribution in [1.82, 2.24) is 0 Å². The zero-order valence-electron chi connectivity index (χ0n) is 38.4. The molecule has 0 radical (unpaired) electrons. The van der Waals surface area contributed by atoms with Crippen molar-refractivity contribution in [2.24, 2.45) is 0 Å². The molecular weight excluding hydrogens is 1060 g/mol. The highest BCUT2D eigenvalue weighted by Gasteiger charge is 2.55. The van der Waals surface area contributed by atoms with Crippen molar-refractivity contribution >= 4 is 35.8 Å². The normalized spacial score (nSPS) is 16.7. The number of carbonyl (C=O) groups is 6. The van der Waals surface area contributed by atoms with E-state index in [0.717, 1.165) is 0 Å². The number of carbonyl (C=O) groups excluding carboxylic acids is 6. The SMILES string of the molecule is O=C(OC[C@H]1O[C@@H](OC(=O)c2cc(O)c(O)c(O)c2)[C@H](OC(=O)c2cc(O)c(O)c(O)c2)[C@@H](OC(=O)c2cc(O)c(O)c(O)c2)[C@@H]1OC(=O)c1cc(O)c(O)c(O)c1)c1cc(O)c(O)c(OC(=O)c2cc(O)c(O)c(O)c2)c1. The number of phenolic OH excluding ortho intramolecular Hbond substituents is 17. The quantitative estimate of drug-likeness (QED) is 0.0341. The average Bonchev–Trinajstić information content (AvgIpc) is 3.50. The first kappa shape index (κ1) is 54.5. The van der Waals surface area contributed by atoms with Gasteiger partial charge < -0.3 is 120 Å². The Hall–Kier alpha value is -11.3. The Labute approximate surface area is 430 Å². The fourth-order valence-corrected chi connectivity index (χ4v) is 7.06. The Kier molecular flexibility index (Phi) is 14.9. The van der Waals surface area contributed by atoms with Crippen LogP contribution in [0.3, 0.4) is 0 Å². The van der Waals surface area contributed by atoms with Gasteiger partial charge in [0.1, 0.15) is 12.7 Å². The summed E-state index contributed by atoms with van der Waals surface area (Å²) in [5, 5.41) is 172. The number of aromatic hydroxyl groups is 17. The zero-order valence-corrected chi connectivity index (χ0v) is 38.4. The largest absolute Gasteiger partial charge is 0.504 e. The number of hydrogen-bond donors (Lipinski definition) is 17. The van der Waals surface area contributed by atoms with Crippen LogP contribution in [0.25, 0.3) is 0 Å². The summed E-state index contributed by atoms with van der Waals surface area (Å²) < 4.78 is 38.5. The first-order valence-corrected chi connectivity index (χ1v) is 21.3. The lowest BCUT2D eigenvalue weighted by atomic mass is 9.97. The predicted molar refractivity (Wildman–Crippen MR) is 244 cm³/mol. The second kappa shape index (κ2) is 21.3. The second-order valence-electron chi connectivity index (χ2n) is 16.2. The summed E-state index contributed by atoms with van der Waals surface area (Å²) in [4.78, 5) is 82.7. The highest BCUT2D eigenvalue weighted by molar-refractivity contribution is 5.96. The van der Waals surface area contributed by atoms with Crippen LogP contribution in [-0.4, -0.2) is 160 Å². The van der Waals surface area contributed by atoms with Gasteiger partial charge in [0, 0.05) is 0 Å². The van der Waals surface area contributed by atoms with E-state index in [9.17, 15) is 116 Å². The van der Waals surface area contributed by atoms with Crippen molar-refractivity contribution in [3.8, 4) is 103 Å². The van der Waals surface area contributed by atoms with E-state index >= 15 is 0 Å². The fraction of sp³-hybridized carbons (Fsp3) is 0.125. The molecule has 408 valence electrons. The molecule has 7 rings (SSSR count).